The third-order valence-corrected chi connectivity index (χ3v) is 3.53. The Hall–Kier alpha value is -1.34. The summed E-state index contributed by atoms with van der Waals surface area (Å²) in [5.41, 5.74) is 0. The van der Waals surface area contributed by atoms with Crippen LogP contribution in [0.1, 0.15) is 5.82 Å². The van der Waals surface area contributed by atoms with Gasteiger partial charge in [-0.3, -0.25) is 10.2 Å². The van der Waals surface area contributed by atoms with E-state index in [0.717, 1.165) is 5.82 Å². The fourth-order valence-corrected chi connectivity index (χ4v) is 2.37. The number of ether oxygens (including phenoxy) is 1. The van der Waals surface area contributed by atoms with E-state index in [0.29, 0.717) is 22.0 Å². The molecule has 102 valence electrons. The van der Waals surface area contributed by atoms with Gasteiger partial charge < -0.3 is 4.74 Å². The Morgan fingerprint density at radius 1 is 1.32 bits per heavy atom. The van der Waals surface area contributed by atoms with Crippen molar-refractivity contribution >= 4 is 24.0 Å². The van der Waals surface area contributed by atoms with Gasteiger partial charge in [0.2, 0.25) is 4.77 Å². The molecule has 0 fully saturated rings. The predicted molar refractivity (Wildman–Crippen MR) is 76.8 cm³/mol. The van der Waals surface area contributed by atoms with E-state index in [4.69, 9.17) is 17.0 Å². The van der Waals surface area contributed by atoms with E-state index in [1.54, 1.807) is 0 Å². The van der Waals surface area contributed by atoms with E-state index in [9.17, 15) is 4.39 Å². The molecule has 1 aromatic carbocycles. The molecule has 2 N–H and O–H groups in total. The summed E-state index contributed by atoms with van der Waals surface area (Å²) in [5.74, 6) is 2.37. The summed E-state index contributed by atoms with van der Waals surface area (Å²) in [5, 5.41) is 5.52. The molecule has 0 aliphatic rings. The van der Waals surface area contributed by atoms with Crippen LogP contribution in [0.5, 0.6) is 5.75 Å². The second-order valence-corrected chi connectivity index (χ2v) is 5.27. The first kappa shape index (κ1) is 14.1. The van der Waals surface area contributed by atoms with Crippen LogP contribution in [-0.4, -0.2) is 33.7 Å². The van der Waals surface area contributed by atoms with Crippen molar-refractivity contribution in [3.8, 4) is 5.75 Å². The van der Waals surface area contributed by atoms with Gasteiger partial charge in [0, 0.05) is 5.75 Å². The Morgan fingerprint density at radius 2 is 2.11 bits per heavy atom. The van der Waals surface area contributed by atoms with Gasteiger partial charge in [-0.2, -0.15) is 11.8 Å². The number of aromatic nitrogens is 3. The van der Waals surface area contributed by atoms with Crippen LogP contribution in [0.4, 0.5) is 4.39 Å². The number of thioether (sulfide) groups is 1. The third-order valence-electron chi connectivity index (χ3n) is 2.26. The van der Waals surface area contributed by atoms with E-state index in [1.165, 1.54) is 11.8 Å². The summed E-state index contributed by atoms with van der Waals surface area (Å²) < 4.78 is 19.3. The highest BCUT2D eigenvalue weighted by Gasteiger charge is 2.08. The van der Waals surface area contributed by atoms with Gasteiger partial charge in [-0.15, -0.1) is 0 Å². The van der Waals surface area contributed by atoms with Crippen molar-refractivity contribution in [2.45, 2.75) is 11.9 Å². The highest BCUT2D eigenvalue weighted by atomic mass is 32.2. The molecule has 0 aliphatic carbocycles. The number of nitrogens with one attached hydrogen (secondary N) is 2. The van der Waals surface area contributed by atoms with Gasteiger partial charge in [-0.05, 0) is 24.4 Å². The van der Waals surface area contributed by atoms with Crippen LogP contribution in [-0.2, 0) is 5.75 Å². The summed E-state index contributed by atoms with van der Waals surface area (Å²) in [6.07, 6.45) is -1.01. The third kappa shape index (κ3) is 5.04. The molecule has 0 radical (unpaired) electrons. The molecule has 0 saturated carbocycles. The number of nitrogens with zero attached hydrogens (tertiary/aromatic N) is 1. The van der Waals surface area contributed by atoms with Crippen molar-refractivity contribution < 1.29 is 9.13 Å². The molecular formula is C12H14FN3OS2. The van der Waals surface area contributed by atoms with Crippen LogP contribution >= 0.6 is 24.0 Å². The van der Waals surface area contributed by atoms with E-state index in [1.807, 2.05) is 30.3 Å². The van der Waals surface area contributed by atoms with Crippen LogP contribution in [0.15, 0.2) is 30.3 Å². The Kier molecular flexibility index (Phi) is 5.41. The van der Waals surface area contributed by atoms with Crippen LogP contribution in [0.25, 0.3) is 0 Å². The molecular weight excluding hydrogens is 285 g/mol. The zero-order valence-electron chi connectivity index (χ0n) is 10.1. The summed E-state index contributed by atoms with van der Waals surface area (Å²) in [4.78, 5) is 4.03. The summed E-state index contributed by atoms with van der Waals surface area (Å²) >= 11 is 6.28. The molecule has 0 amide bonds. The maximum absolute atomic E-state index is 13.6. The fourth-order valence-electron chi connectivity index (χ4n) is 1.41. The molecule has 0 saturated heterocycles. The van der Waals surface area contributed by atoms with Gasteiger partial charge in [-0.25, -0.2) is 9.37 Å². The number of H-pyrrole nitrogens is 2. The maximum atomic E-state index is 13.6. The Bertz CT molecular complexity index is 543. The molecule has 1 heterocycles. The monoisotopic (exact) mass is 299 g/mol. The molecule has 2 rings (SSSR count). The molecule has 7 heteroatoms. The largest absolute Gasteiger partial charge is 0.491 e. The number of aromatic amines is 2. The van der Waals surface area contributed by atoms with Crippen molar-refractivity contribution in [1.82, 2.24) is 15.2 Å². The number of benzene rings is 1. The first-order chi connectivity index (χ1) is 9.24. The lowest BCUT2D eigenvalue weighted by Crippen LogP contribution is -2.15. The van der Waals surface area contributed by atoms with Gasteiger partial charge in [0.05, 0.1) is 5.75 Å². The summed E-state index contributed by atoms with van der Waals surface area (Å²) in [7, 11) is 0. The molecule has 0 spiro atoms. The number of halogens is 1. The number of hydrogen-bond acceptors (Lipinski definition) is 4. The first-order valence-corrected chi connectivity index (χ1v) is 7.33. The van der Waals surface area contributed by atoms with Crippen LogP contribution in [0.2, 0.25) is 0 Å². The number of rotatable bonds is 7. The number of hydrogen-bond donors (Lipinski definition) is 2. The minimum absolute atomic E-state index is 0.0631. The van der Waals surface area contributed by atoms with Crippen LogP contribution in [0.3, 0.4) is 0 Å². The molecule has 4 nitrogen and oxygen atoms in total. The van der Waals surface area contributed by atoms with Crippen molar-refractivity contribution in [3.05, 3.63) is 40.9 Å². The summed E-state index contributed by atoms with van der Waals surface area (Å²) in [6, 6.07) is 9.23. The maximum Gasteiger partial charge on any atom is 0.213 e. The number of para-hydroxylation sites is 1. The lowest BCUT2D eigenvalue weighted by molar-refractivity contribution is 0.213. The lowest BCUT2D eigenvalue weighted by atomic mass is 10.3. The topological polar surface area (TPSA) is 53.7 Å². The molecule has 19 heavy (non-hydrogen) atoms. The van der Waals surface area contributed by atoms with E-state index in [-0.39, 0.29) is 6.61 Å². The van der Waals surface area contributed by atoms with Crippen LogP contribution in [0, 0.1) is 4.77 Å². The second-order valence-electron chi connectivity index (χ2n) is 3.85. The van der Waals surface area contributed by atoms with E-state index < -0.39 is 6.17 Å². The Balaban J connectivity index is 1.64. The normalized spacial score (nSPS) is 12.3. The molecule has 1 atom stereocenters. The van der Waals surface area contributed by atoms with Crippen molar-refractivity contribution in [2.24, 2.45) is 0 Å². The fraction of sp³-hybridized carbons (Fsp3) is 0.333. The first-order valence-electron chi connectivity index (χ1n) is 5.77. The average molecular weight is 299 g/mol. The minimum Gasteiger partial charge on any atom is -0.491 e. The van der Waals surface area contributed by atoms with Gasteiger partial charge in [0.25, 0.3) is 0 Å². The van der Waals surface area contributed by atoms with Crippen molar-refractivity contribution in [3.63, 3.8) is 0 Å². The van der Waals surface area contributed by atoms with E-state index >= 15 is 0 Å². The van der Waals surface area contributed by atoms with Gasteiger partial charge in [0.15, 0.2) is 0 Å². The molecule has 1 unspecified atom stereocenters. The minimum atomic E-state index is -1.01. The number of alkyl halides is 1. The lowest BCUT2D eigenvalue weighted by Gasteiger charge is -2.09. The second kappa shape index (κ2) is 7.30. The van der Waals surface area contributed by atoms with E-state index in [2.05, 4.69) is 15.2 Å². The average Bonchev–Trinajstić information content (AvgIpc) is 2.83. The van der Waals surface area contributed by atoms with Crippen molar-refractivity contribution in [2.75, 3.05) is 12.4 Å². The Morgan fingerprint density at radius 3 is 2.79 bits per heavy atom. The zero-order valence-corrected chi connectivity index (χ0v) is 11.8. The molecule has 2 aromatic rings. The summed E-state index contributed by atoms with van der Waals surface area (Å²) in [6.45, 7) is 0.0631. The standard InChI is InChI=1S/C12H14FN3OS2/c13-9(6-17-10-4-2-1-3-5-10)7-19-8-11-14-12(18)16-15-11/h1-5,9H,6-8H2,(H2,14,15,16,18). The molecule has 0 aliphatic heterocycles. The molecule has 0 bridgehead atoms. The smallest absolute Gasteiger partial charge is 0.213 e. The quantitative estimate of drug-likeness (QED) is 0.771. The Labute approximate surface area is 119 Å². The van der Waals surface area contributed by atoms with Gasteiger partial charge >= 0.3 is 0 Å². The predicted octanol–water partition coefficient (Wildman–Crippen LogP) is 3.12. The van der Waals surface area contributed by atoms with Crippen LogP contribution < -0.4 is 4.74 Å². The van der Waals surface area contributed by atoms with Gasteiger partial charge in [0.1, 0.15) is 24.4 Å². The SMILES string of the molecule is FC(COc1ccccc1)CSCc1nc(=S)[nH][nH]1. The highest BCUT2D eigenvalue weighted by molar-refractivity contribution is 7.98. The molecule has 1 aromatic heterocycles. The van der Waals surface area contributed by atoms with Crippen molar-refractivity contribution in [1.29, 1.82) is 0 Å². The van der Waals surface area contributed by atoms with Gasteiger partial charge in [-0.1, -0.05) is 18.2 Å². The zero-order chi connectivity index (χ0) is 13.5. The highest BCUT2D eigenvalue weighted by Crippen LogP contribution is 2.13.